The molecule has 2 rings (SSSR count). The van der Waals surface area contributed by atoms with E-state index in [0.29, 0.717) is 29.4 Å². The van der Waals surface area contributed by atoms with Gasteiger partial charge in [-0.3, -0.25) is 4.79 Å². The molecule has 0 bridgehead atoms. The van der Waals surface area contributed by atoms with Gasteiger partial charge in [0.25, 0.3) is 5.91 Å². The molecule has 0 heterocycles. The molecule has 0 aliphatic rings. The fourth-order valence-corrected chi connectivity index (χ4v) is 3.18. The first-order chi connectivity index (χ1) is 12.5. The maximum atomic E-state index is 12.3. The van der Waals surface area contributed by atoms with Gasteiger partial charge in [-0.05, 0) is 71.8 Å². The van der Waals surface area contributed by atoms with Crippen molar-refractivity contribution in [1.82, 2.24) is 5.43 Å². The summed E-state index contributed by atoms with van der Waals surface area (Å²) in [6, 6.07) is 9.07. The monoisotopic (exact) mass is 468 g/mol. The van der Waals surface area contributed by atoms with Crippen LogP contribution >= 0.6 is 22.6 Å². The molecule has 0 radical (unpaired) electrons. The average Bonchev–Trinajstić information content (AvgIpc) is 2.61. The van der Waals surface area contributed by atoms with E-state index >= 15 is 0 Å². The van der Waals surface area contributed by atoms with E-state index in [1.165, 1.54) is 7.11 Å². The number of nitrogens with one attached hydrogen (secondary N) is 1. The Hall–Kier alpha value is -2.29. The first kappa shape index (κ1) is 20.0. The molecule has 6 nitrogen and oxygen atoms in total. The van der Waals surface area contributed by atoms with Gasteiger partial charge in [-0.15, -0.1) is 0 Å². The van der Waals surface area contributed by atoms with Crippen molar-refractivity contribution in [1.29, 1.82) is 0 Å². The Kier molecular flexibility index (Phi) is 7.26. The van der Waals surface area contributed by atoms with Crippen LogP contribution < -0.4 is 19.6 Å². The summed E-state index contributed by atoms with van der Waals surface area (Å²) in [6.45, 7) is 4.36. The number of carbonyl (C=O) groups excluding carboxylic acids is 1. The van der Waals surface area contributed by atoms with Crippen molar-refractivity contribution in [2.75, 3.05) is 20.8 Å². The summed E-state index contributed by atoms with van der Waals surface area (Å²) in [5, 5.41) is 4.03. The van der Waals surface area contributed by atoms with Crippen LogP contribution in [0.5, 0.6) is 17.2 Å². The zero-order chi connectivity index (χ0) is 19.1. The molecule has 0 saturated carbocycles. The molecule has 0 aliphatic heterocycles. The lowest BCUT2D eigenvalue weighted by Crippen LogP contribution is -2.18. The molecule has 7 heteroatoms. The number of aryl methyl sites for hydroxylation is 1. The molecule has 0 atom stereocenters. The summed E-state index contributed by atoms with van der Waals surface area (Å²) in [5.74, 6) is 1.48. The van der Waals surface area contributed by atoms with Gasteiger partial charge in [-0.2, -0.15) is 5.10 Å². The highest BCUT2D eigenvalue weighted by molar-refractivity contribution is 14.1. The molecule has 0 fully saturated rings. The summed E-state index contributed by atoms with van der Waals surface area (Å²) in [7, 11) is 3.13. The predicted molar refractivity (Wildman–Crippen MR) is 110 cm³/mol. The number of hydrogen-bond donors (Lipinski definition) is 1. The number of benzene rings is 2. The van der Waals surface area contributed by atoms with E-state index in [2.05, 4.69) is 33.1 Å². The number of rotatable bonds is 7. The Bertz CT molecular complexity index is 821. The average molecular weight is 468 g/mol. The third-order valence-electron chi connectivity index (χ3n) is 3.52. The van der Waals surface area contributed by atoms with Gasteiger partial charge >= 0.3 is 0 Å². The Morgan fingerprint density at radius 1 is 1.19 bits per heavy atom. The standard InChI is InChI=1S/C19H21IN2O4/c1-5-26-17-10-13(9-15(20)18(17)25-4)11-21-22-19(23)14-7-6-12(2)8-16(14)24-3/h6-11H,5H2,1-4H3,(H,22,23)/b21-11-. The normalized spacial score (nSPS) is 10.7. The Morgan fingerprint density at radius 2 is 1.96 bits per heavy atom. The van der Waals surface area contributed by atoms with E-state index in [1.54, 1.807) is 25.5 Å². The van der Waals surface area contributed by atoms with Gasteiger partial charge < -0.3 is 14.2 Å². The van der Waals surface area contributed by atoms with Crippen LogP contribution in [-0.2, 0) is 0 Å². The molecule has 138 valence electrons. The van der Waals surface area contributed by atoms with Crippen LogP contribution in [0.1, 0.15) is 28.4 Å². The van der Waals surface area contributed by atoms with Crippen LogP contribution in [0.4, 0.5) is 0 Å². The number of hydrazone groups is 1. The zero-order valence-electron chi connectivity index (χ0n) is 15.1. The van der Waals surface area contributed by atoms with Crippen LogP contribution in [0.2, 0.25) is 0 Å². The van der Waals surface area contributed by atoms with Gasteiger partial charge in [-0.1, -0.05) is 6.07 Å². The predicted octanol–water partition coefficient (Wildman–Crippen LogP) is 3.78. The van der Waals surface area contributed by atoms with Crippen molar-refractivity contribution in [2.45, 2.75) is 13.8 Å². The maximum absolute atomic E-state index is 12.3. The van der Waals surface area contributed by atoms with Crippen LogP contribution in [0.25, 0.3) is 0 Å². The Labute approximate surface area is 166 Å². The van der Waals surface area contributed by atoms with Gasteiger partial charge in [-0.25, -0.2) is 5.43 Å². The van der Waals surface area contributed by atoms with Gasteiger partial charge in [0.05, 0.1) is 36.2 Å². The second-order valence-corrected chi connectivity index (χ2v) is 6.53. The van der Waals surface area contributed by atoms with Crippen LogP contribution in [0.15, 0.2) is 35.4 Å². The summed E-state index contributed by atoms with van der Waals surface area (Å²) in [5.41, 5.74) is 4.74. The molecule has 0 spiro atoms. The van der Waals surface area contributed by atoms with E-state index in [9.17, 15) is 4.79 Å². The summed E-state index contributed by atoms with van der Waals surface area (Å²) >= 11 is 2.17. The third kappa shape index (κ3) is 4.87. The van der Waals surface area contributed by atoms with Gasteiger partial charge in [0.15, 0.2) is 11.5 Å². The van der Waals surface area contributed by atoms with Crippen LogP contribution in [-0.4, -0.2) is 32.9 Å². The third-order valence-corrected chi connectivity index (χ3v) is 4.32. The molecule has 0 unspecified atom stereocenters. The van der Waals surface area contributed by atoms with Crippen molar-refractivity contribution in [3.05, 3.63) is 50.6 Å². The van der Waals surface area contributed by atoms with E-state index in [1.807, 2.05) is 32.0 Å². The minimum atomic E-state index is -0.341. The van der Waals surface area contributed by atoms with Gasteiger partial charge in [0, 0.05) is 0 Å². The largest absolute Gasteiger partial charge is 0.496 e. The Morgan fingerprint density at radius 3 is 2.62 bits per heavy atom. The molecule has 2 aromatic rings. The topological polar surface area (TPSA) is 69.2 Å². The minimum Gasteiger partial charge on any atom is -0.496 e. The molecule has 26 heavy (non-hydrogen) atoms. The van der Waals surface area contributed by atoms with Crippen molar-refractivity contribution in [2.24, 2.45) is 5.10 Å². The van der Waals surface area contributed by atoms with E-state index in [4.69, 9.17) is 14.2 Å². The molecular formula is C19H21IN2O4. The first-order valence-electron chi connectivity index (χ1n) is 7.98. The SMILES string of the molecule is CCOc1cc(/C=N\NC(=O)c2ccc(C)cc2OC)cc(I)c1OC. The van der Waals surface area contributed by atoms with Crippen molar-refractivity contribution in [3.63, 3.8) is 0 Å². The lowest BCUT2D eigenvalue weighted by molar-refractivity contribution is 0.0952. The number of halogens is 1. The lowest BCUT2D eigenvalue weighted by Gasteiger charge is -2.12. The van der Waals surface area contributed by atoms with E-state index in [-0.39, 0.29) is 5.91 Å². The molecule has 1 N–H and O–H groups in total. The van der Waals surface area contributed by atoms with Gasteiger partial charge in [0.2, 0.25) is 0 Å². The second-order valence-electron chi connectivity index (χ2n) is 5.37. The summed E-state index contributed by atoms with van der Waals surface area (Å²) in [4.78, 5) is 12.3. The molecule has 0 aliphatic carbocycles. The number of amides is 1. The van der Waals surface area contributed by atoms with E-state index < -0.39 is 0 Å². The molecule has 0 aromatic heterocycles. The molecular weight excluding hydrogens is 447 g/mol. The highest BCUT2D eigenvalue weighted by Crippen LogP contribution is 2.33. The smallest absolute Gasteiger partial charge is 0.275 e. The van der Waals surface area contributed by atoms with Crippen molar-refractivity contribution in [3.8, 4) is 17.2 Å². The molecule has 1 amide bonds. The van der Waals surface area contributed by atoms with Crippen molar-refractivity contribution < 1.29 is 19.0 Å². The fraction of sp³-hybridized carbons (Fsp3) is 0.263. The fourth-order valence-electron chi connectivity index (χ4n) is 2.34. The first-order valence-corrected chi connectivity index (χ1v) is 9.06. The minimum absolute atomic E-state index is 0.341. The molecule has 2 aromatic carbocycles. The van der Waals surface area contributed by atoms with E-state index in [0.717, 1.165) is 14.7 Å². The zero-order valence-corrected chi connectivity index (χ0v) is 17.3. The maximum Gasteiger partial charge on any atom is 0.275 e. The van der Waals surface area contributed by atoms with Crippen LogP contribution in [0.3, 0.4) is 0 Å². The van der Waals surface area contributed by atoms with Crippen molar-refractivity contribution >= 4 is 34.7 Å². The number of hydrogen-bond acceptors (Lipinski definition) is 5. The highest BCUT2D eigenvalue weighted by atomic mass is 127. The Balaban J connectivity index is 2.17. The molecule has 0 saturated heterocycles. The van der Waals surface area contributed by atoms with Gasteiger partial charge in [0.1, 0.15) is 5.75 Å². The van der Waals surface area contributed by atoms with Crippen LogP contribution in [0, 0.1) is 10.5 Å². The second kappa shape index (κ2) is 9.42. The summed E-state index contributed by atoms with van der Waals surface area (Å²) < 4.78 is 17.1. The number of ether oxygens (including phenoxy) is 3. The number of methoxy groups -OCH3 is 2. The highest BCUT2D eigenvalue weighted by Gasteiger charge is 2.12. The lowest BCUT2D eigenvalue weighted by atomic mass is 10.1. The summed E-state index contributed by atoms with van der Waals surface area (Å²) in [6.07, 6.45) is 1.56. The number of nitrogens with zero attached hydrogens (tertiary/aromatic N) is 1. The quantitative estimate of drug-likeness (QED) is 0.382. The number of carbonyl (C=O) groups is 1.